The van der Waals surface area contributed by atoms with Crippen molar-refractivity contribution in [1.82, 2.24) is 14.5 Å². The van der Waals surface area contributed by atoms with Gasteiger partial charge in [0.15, 0.2) is 17.3 Å². The molecule has 0 spiro atoms. The van der Waals surface area contributed by atoms with Crippen LogP contribution in [0.15, 0.2) is 41.5 Å². The Hall–Kier alpha value is -3.34. The zero-order chi connectivity index (χ0) is 23.6. The first-order valence-corrected chi connectivity index (χ1v) is 11.4. The number of aryl methyl sites for hydroxylation is 1. The SMILES string of the molecule is CCS(=O)(=O)Nc1ncc(Oc2ccc(F)cc2F)c(-c2cc(C)c(=O)n(C(C)C)c2)n1. The molecule has 1 N–H and O–H groups in total. The Morgan fingerprint density at radius 1 is 1.19 bits per heavy atom. The van der Waals surface area contributed by atoms with Crippen LogP contribution < -0.4 is 15.0 Å². The van der Waals surface area contributed by atoms with Gasteiger partial charge in [0.25, 0.3) is 5.56 Å². The van der Waals surface area contributed by atoms with Crippen molar-refractivity contribution in [2.75, 3.05) is 10.5 Å². The Bertz CT molecular complexity index is 1320. The third-order valence-electron chi connectivity index (χ3n) is 4.55. The van der Waals surface area contributed by atoms with Crippen LogP contribution in [-0.4, -0.2) is 28.7 Å². The van der Waals surface area contributed by atoms with Gasteiger partial charge in [0, 0.05) is 29.4 Å². The van der Waals surface area contributed by atoms with E-state index in [2.05, 4.69) is 14.7 Å². The summed E-state index contributed by atoms with van der Waals surface area (Å²) >= 11 is 0. The predicted octanol–water partition coefficient (Wildman–Crippen LogP) is 4.03. The molecule has 0 aliphatic heterocycles. The number of sulfonamides is 1. The van der Waals surface area contributed by atoms with Crippen molar-refractivity contribution < 1.29 is 21.9 Å². The normalized spacial score (nSPS) is 11.6. The molecule has 2 heterocycles. The molecule has 32 heavy (non-hydrogen) atoms. The molecule has 2 aromatic heterocycles. The van der Waals surface area contributed by atoms with E-state index in [4.69, 9.17) is 4.74 Å². The summed E-state index contributed by atoms with van der Waals surface area (Å²) in [5.74, 6) is -2.39. The summed E-state index contributed by atoms with van der Waals surface area (Å²) in [6, 6.07) is 4.21. The smallest absolute Gasteiger partial charge is 0.253 e. The molecule has 11 heteroatoms. The Morgan fingerprint density at radius 3 is 2.53 bits per heavy atom. The van der Waals surface area contributed by atoms with Crippen molar-refractivity contribution in [1.29, 1.82) is 0 Å². The Balaban J connectivity index is 2.19. The second-order valence-corrected chi connectivity index (χ2v) is 9.32. The minimum atomic E-state index is -3.66. The van der Waals surface area contributed by atoms with Gasteiger partial charge in [-0.1, -0.05) is 0 Å². The Kier molecular flexibility index (Phi) is 6.58. The number of aromatic nitrogens is 3. The number of pyridine rings is 1. The number of benzene rings is 1. The lowest BCUT2D eigenvalue weighted by Crippen LogP contribution is -2.23. The molecule has 0 saturated heterocycles. The molecule has 0 atom stereocenters. The average Bonchev–Trinajstić information content (AvgIpc) is 2.72. The third kappa shape index (κ3) is 5.10. The second-order valence-electron chi connectivity index (χ2n) is 7.31. The molecule has 170 valence electrons. The van der Waals surface area contributed by atoms with Gasteiger partial charge < -0.3 is 9.30 Å². The van der Waals surface area contributed by atoms with E-state index in [1.54, 1.807) is 19.2 Å². The van der Waals surface area contributed by atoms with Crippen molar-refractivity contribution in [2.24, 2.45) is 0 Å². The minimum Gasteiger partial charge on any atom is -0.450 e. The van der Waals surface area contributed by atoms with Crippen LogP contribution in [0.1, 0.15) is 32.4 Å². The van der Waals surface area contributed by atoms with E-state index < -0.39 is 21.7 Å². The summed E-state index contributed by atoms with van der Waals surface area (Å²) in [7, 11) is -3.66. The number of anilines is 1. The lowest BCUT2D eigenvalue weighted by molar-refractivity contribution is 0.436. The fraction of sp³-hybridized carbons (Fsp3) is 0.286. The molecule has 1 aromatic carbocycles. The third-order valence-corrected chi connectivity index (χ3v) is 5.80. The Labute approximate surface area is 184 Å². The van der Waals surface area contributed by atoms with Crippen molar-refractivity contribution in [3.8, 4) is 22.8 Å². The second kappa shape index (κ2) is 9.03. The zero-order valence-corrected chi connectivity index (χ0v) is 18.7. The van der Waals surface area contributed by atoms with E-state index in [1.165, 1.54) is 17.7 Å². The van der Waals surface area contributed by atoms with Crippen molar-refractivity contribution >= 4 is 16.0 Å². The number of nitrogens with zero attached hydrogens (tertiary/aromatic N) is 3. The van der Waals surface area contributed by atoms with Gasteiger partial charge in [-0.3, -0.25) is 9.52 Å². The number of nitrogens with one attached hydrogen (secondary N) is 1. The molecule has 0 fully saturated rings. The quantitative estimate of drug-likeness (QED) is 0.566. The van der Waals surface area contributed by atoms with Gasteiger partial charge in [-0.2, -0.15) is 0 Å². The summed E-state index contributed by atoms with van der Waals surface area (Å²) in [6.07, 6.45) is 2.73. The first-order valence-electron chi connectivity index (χ1n) is 9.74. The van der Waals surface area contributed by atoms with E-state index >= 15 is 0 Å². The molecule has 0 amide bonds. The van der Waals surface area contributed by atoms with Gasteiger partial charge in [0.05, 0.1) is 11.9 Å². The minimum absolute atomic E-state index is 0.0108. The van der Waals surface area contributed by atoms with E-state index in [9.17, 15) is 22.0 Å². The molecule has 0 radical (unpaired) electrons. The van der Waals surface area contributed by atoms with Gasteiger partial charge in [-0.25, -0.2) is 27.2 Å². The molecular formula is C21H22F2N4O4S. The van der Waals surface area contributed by atoms with Gasteiger partial charge in [-0.15, -0.1) is 0 Å². The predicted molar refractivity (Wildman–Crippen MR) is 116 cm³/mol. The molecule has 8 nitrogen and oxygen atoms in total. The highest BCUT2D eigenvalue weighted by molar-refractivity contribution is 7.92. The molecule has 0 bridgehead atoms. The maximum Gasteiger partial charge on any atom is 0.253 e. The molecule has 3 aromatic rings. The summed E-state index contributed by atoms with van der Waals surface area (Å²) in [4.78, 5) is 20.7. The van der Waals surface area contributed by atoms with Crippen LogP contribution in [0.3, 0.4) is 0 Å². The summed E-state index contributed by atoms with van der Waals surface area (Å²) in [5.41, 5.74) is 0.767. The molecule has 0 unspecified atom stereocenters. The number of hydrogen-bond donors (Lipinski definition) is 1. The maximum atomic E-state index is 14.2. The first kappa shape index (κ1) is 23.3. The highest BCUT2D eigenvalue weighted by Crippen LogP contribution is 2.33. The number of halogens is 2. The molecular weight excluding hydrogens is 442 g/mol. The topological polar surface area (TPSA) is 103 Å². The molecule has 0 saturated carbocycles. The van der Waals surface area contributed by atoms with E-state index in [0.29, 0.717) is 17.2 Å². The van der Waals surface area contributed by atoms with E-state index in [1.807, 2.05) is 13.8 Å². The summed E-state index contributed by atoms with van der Waals surface area (Å²) in [5, 5.41) is 0. The van der Waals surface area contributed by atoms with Crippen LogP contribution in [0.4, 0.5) is 14.7 Å². The Morgan fingerprint density at radius 2 is 1.91 bits per heavy atom. The lowest BCUT2D eigenvalue weighted by Gasteiger charge is -2.16. The van der Waals surface area contributed by atoms with Crippen LogP contribution in [0.25, 0.3) is 11.3 Å². The number of rotatable bonds is 7. The summed E-state index contributed by atoms with van der Waals surface area (Å²) in [6.45, 7) is 6.75. The van der Waals surface area contributed by atoms with E-state index in [-0.39, 0.29) is 40.5 Å². The van der Waals surface area contributed by atoms with Crippen molar-refractivity contribution in [3.63, 3.8) is 0 Å². The highest BCUT2D eigenvalue weighted by atomic mass is 32.2. The average molecular weight is 464 g/mol. The number of hydrogen-bond acceptors (Lipinski definition) is 6. The molecule has 3 rings (SSSR count). The fourth-order valence-electron chi connectivity index (χ4n) is 2.85. The highest BCUT2D eigenvalue weighted by Gasteiger charge is 2.19. The lowest BCUT2D eigenvalue weighted by atomic mass is 10.1. The van der Waals surface area contributed by atoms with E-state index in [0.717, 1.165) is 12.1 Å². The largest absolute Gasteiger partial charge is 0.450 e. The van der Waals surface area contributed by atoms with Crippen LogP contribution in [0.5, 0.6) is 11.5 Å². The van der Waals surface area contributed by atoms with Gasteiger partial charge in [0.1, 0.15) is 11.5 Å². The standard InChI is InChI=1S/C21H22F2N4O4S/c1-5-32(29,30)26-21-24-10-18(31-17-7-6-15(22)9-16(17)23)19(25-21)14-8-13(4)20(28)27(11-14)12(2)3/h6-12H,5H2,1-4H3,(H,24,25,26). The van der Waals surface area contributed by atoms with Crippen LogP contribution in [0.2, 0.25) is 0 Å². The fourth-order valence-corrected chi connectivity index (χ4v) is 3.37. The molecule has 0 aliphatic rings. The van der Waals surface area contributed by atoms with Crippen LogP contribution in [0, 0.1) is 18.6 Å². The van der Waals surface area contributed by atoms with Crippen molar-refractivity contribution in [2.45, 2.75) is 33.7 Å². The first-order chi connectivity index (χ1) is 15.0. The summed E-state index contributed by atoms with van der Waals surface area (Å²) < 4.78 is 60.7. The zero-order valence-electron chi connectivity index (χ0n) is 17.9. The van der Waals surface area contributed by atoms with Crippen LogP contribution >= 0.6 is 0 Å². The van der Waals surface area contributed by atoms with Gasteiger partial charge >= 0.3 is 0 Å². The van der Waals surface area contributed by atoms with Crippen molar-refractivity contribution in [3.05, 3.63) is 64.2 Å². The van der Waals surface area contributed by atoms with Crippen LogP contribution in [-0.2, 0) is 10.0 Å². The maximum absolute atomic E-state index is 14.2. The van der Waals surface area contributed by atoms with Gasteiger partial charge in [-0.05, 0) is 45.9 Å². The van der Waals surface area contributed by atoms with Gasteiger partial charge in [0.2, 0.25) is 16.0 Å². The monoisotopic (exact) mass is 464 g/mol. The number of ether oxygens (including phenoxy) is 1. The molecule has 0 aliphatic carbocycles.